The highest BCUT2D eigenvalue weighted by molar-refractivity contribution is 7.93. The first kappa shape index (κ1) is 28.5. The minimum atomic E-state index is -0.623. The van der Waals surface area contributed by atoms with Crippen LogP contribution >= 0.6 is 16.0 Å². The number of nitrogens with one attached hydrogen (secondary N) is 1. The number of hydrogen-bond acceptors (Lipinski definition) is 7. The van der Waals surface area contributed by atoms with Gasteiger partial charge >= 0.3 is 6.09 Å². The first-order valence-electron chi connectivity index (χ1n) is 9.98. The zero-order valence-electron chi connectivity index (χ0n) is 19.6. The van der Waals surface area contributed by atoms with Gasteiger partial charge in [-0.25, -0.2) is 18.1 Å². The summed E-state index contributed by atoms with van der Waals surface area (Å²) in [6.07, 6.45) is 1.75. The second-order valence-electron chi connectivity index (χ2n) is 6.63. The Labute approximate surface area is 192 Å². The van der Waals surface area contributed by atoms with E-state index in [1.165, 1.54) is 6.92 Å². The Kier molecular flexibility index (Phi) is 18.6. The number of carbonyl (C=O) groups excluding carboxylic acids is 3. The van der Waals surface area contributed by atoms with E-state index < -0.39 is 11.7 Å². The molecule has 0 aromatic rings. The van der Waals surface area contributed by atoms with Crippen molar-refractivity contribution in [1.82, 2.24) is 10.2 Å². The minimum absolute atomic E-state index is 0.0466. The van der Waals surface area contributed by atoms with Crippen LogP contribution in [0.1, 0.15) is 69.9 Å². The lowest BCUT2D eigenvalue weighted by Crippen LogP contribution is -2.41. The molecule has 0 unspecified atom stereocenters. The molecule has 2 rings (SSSR count). The first-order valence-corrected chi connectivity index (χ1v) is 12.5. The third kappa shape index (κ3) is 19.8. The monoisotopic (exact) mass is 503 g/mol. The smallest absolute Gasteiger partial charge is 0.417 e. The molecule has 2 fully saturated rings. The molecule has 0 radical (unpaired) electrons. The van der Waals surface area contributed by atoms with Gasteiger partial charge in [0.2, 0.25) is 11.8 Å². The van der Waals surface area contributed by atoms with Crippen LogP contribution in [0.15, 0.2) is 0 Å². The summed E-state index contributed by atoms with van der Waals surface area (Å²) in [5.41, 5.74) is -0.605. The van der Waals surface area contributed by atoms with Crippen LogP contribution in [0.2, 0.25) is 0 Å². The van der Waals surface area contributed by atoms with Crippen molar-refractivity contribution in [2.45, 2.75) is 84.9 Å². The van der Waals surface area contributed by atoms with Crippen LogP contribution in [0.4, 0.5) is 4.79 Å². The first-order chi connectivity index (χ1) is 14.9. The van der Waals surface area contributed by atoms with Crippen molar-refractivity contribution in [1.29, 1.82) is 5.26 Å². The van der Waals surface area contributed by atoms with Crippen molar-refractivity contribution in [2.75, 3.05) is 0 Å². The summed E-state index contributed by atoms with van der Waals surface area (Å²) in [6.45, 7) is 7.06. The summed E-state index contributed by atoms with van der Waals surface area (Å²) in [5.74, 6) is -0.135. The predicted octanol–water partition coefficient (Wildman–Crippen LogP) is 3.26. The second-order valence-corrected chi connectivity index (χ2v) is 7.96. The predicted molar refractivity (Wildman–Crippen MR) is 123 cm³/mol. The van der Waals surface area contributed by atoms with Crippen LogP contribution < -0.4 is 5.32 Å². The maximum absolute atomic E-state index is 11.6. The molecule has 2 aliphatic heterocycles. The van der Waals surface area contributed by atoms with Gasteiger partial charge in [0.05, 0.1) is 6.07 Å². The summed E-state index contributed by atoms with van der Waals surface area (Å²) in [6, 6.07) is 1.58. The molecule has 0 aliphatic carbocycles. The average Bonchev–Trinajstić information content (AvgIpc) is 3.28. The van der Waals surface area contributed by atoms with Crippen molar-refractivity contribution in [3.8, 4) is 6.07 Å². The van der Waals surface area contributed by atoms with Gasteiger partial charge in [-0.3, -0.25) is 9.59 Å². The molecule has 9 nitrogen and oxygen atoms in total. The van der Waals surface area contributed by atoms with E-state index in [1.54, 1.807) is 26.8 Å². The molecule has 0 aromatic heterocycles. The zero-order chi connectivity index (χ0) is 25.7. The zero-order valence-corrected chi connectivity index (χ0v) is 21.2. The van der Waals surface area contributed by atoms with Crippen LogP contribution in [0.5, 0.6) is 0 Å². The SMILES string of the molecule is CC#N.O=S=P.O=S=P.[3H]C[C@@H]1CCC(=O)N1.[3H]C[C@@H]1CCC(=O)N1C(=O)OC(C)(C)C. The third-order valence-corrected chi connectivity index (χ3v) is 3.00. The second kappa shape index (κ2) is 19.5. The molecule has 3 amide bonds. The van der Waals surface area contributed by atoms with E-state index in [2.05, 4.69) is 21.3 Å². The van der Waals surface area contributed by atoms with Crippen LogP contribution in [0.3, 0.4) is 0 Å². The Morgan fingerprint density at radius 1 is 1.23 bits per heavy atom. The van der Waals surface area contributed by atoms with Gasteiger partial charge in [-0.2, -0.15) is 5.26 Å². The highest BCUT2D eigenvalue weighted by atomic mass is 32.4. The van der Waals surface area contributed by atoms with Crippen LogP contribution in [-0.4, -0.2) is 48.9 Å². The Hall–Kier alpha value is -1.46. The molecule has 0 aromatic carbocycles. The molecule has 1 N–H and O–H groups in total. The number of hydrogen-bond donors (Lipinski definition) is 1. The van der Waals surface area contributed by atoms with E-state index >= 15 is 0 Å². The molecule has 13 heteroatoms. The molecular formula is C17H31N3O6P2S2. The molecule has 2 saturated heterocycles. The molecule has 0 spiro atoms. The van der Waals surface area contributed by atoms with Crippen LogP contribution in [-0.2, 0) is 36.0 Å². The topological polar surface area (TPSA) is 134 Å². The molecule has 2 atom stereocenters. The summed E-state index contributed by atoms with van der Waals surface area (Å²) in [7, 11) is 5.70. The lowest BCUT2D eigenvalue weighted by molar-refractivity contribution is -0.128. The number of likely N-dealkylation sites (tertiary alicyclic amines) is 1. The fourth-order valence-corrected chi connectivity index (χ4v) is 1.98. The Morgan fingerprint density at radius 2 is 1.73 bits per heavy atom. The van der Waals surface area contributed by atoms with Crippen molar-refractivity contribution in [2.24, 2.45) is 0 Å². The van der Waals surface area contributed by atoms with Gasteiger partial charge in [-0.05, 0) is 63.4 Å². The number of ether oxygens (including phenoxy) is 1. The number of imide groups is 1. The normalized spacial score (nSPS) is 19.6. The molecule has 2 aliphatic rings. The summed E-state index contributed by atoms with van der Waals surface area (Å²) < 4.78 is 36.7. The van der Waals surface area contributed by atoms with E-state index in [1.807, 2.05) is 0 Å². The molecule has 30 heavy (non-hydrogen) atoms. The van der Waals surface area contributed by atoms with Crippen molar-refractivity contribution in [3.63, 3.8) is 0 Å². The maximum atomic E-state index is 11.6. The average molecular weight is 504 g/mol. The minimum Gasteiger partial charge on any atom is -0.443 e. The number of rotatable bonds is 0. The lowest BCUT2D eigenvalue weighted by Gasteiger charge is -2.25. The number of carbonyl (C=O) groups is 3. The quantitative estimate of drug-likeness (QED) is 0.502. The molecule has 172 valence electrons. The number of nitrogens with zero attached hydrogens (tertiary/aromatic N) is 2. The van der Waals surface area contributed by atoms with E-state index in [-0.39, 0.29) is 30.8 Å². The largest absolute Gasteiger partial charge is 0.443 e. The molecule has 2 heterocycles. The van der Waals surface area contributed by atoms with Gasteiger partial charge < -0.3 is 10.1 Å². The summed E-state index contributed by atoms with van der Waals surface area (Å²) >= 11 is 0. The van der Waals surface area contributed by atoms with Crippen LogP contribution in [0.25, 0.3) is 0 Å². The lowest BCUT2D eigenvalue weighted by atomic mass is 10.2. The van der Waals surface area contributed by atoms with Gasteiger partial charge in [0.15, 0.2) is 0 Å². The number of amides is 3. The third-order valence-electron chi connectivity index (χ3n) is 3.00. The van der Waals surface area contributed by atoms with E-state index in [4.69, 9.17) is 21.2 Å². The van der Waals surface area contributed by atoms with Crippen molar-refractivity contribution >= 4 is 55.6 Å². The molecule has 0 saturated carbocycles. The van der Waals surface area contributed by atoms with E-state index in [0.717, 1.165) is 11.3 Å². The van der Waals surface area contributed by atoms with Gasteiger partial charge in [0, 0.05) is 34.6 Å². The summed E-state index contributed by atoms with van der Waals surface area (Å²) in [4.78, 5) is 34.6. The standard InChI is InChI=1S/C10H17NO3.C5H9NO.C2H3N.2HOPS/c1-7-5-6-8(12)11(7)9(13)14-10(2,3)4;1-4-2-3-5(7)6-4;1-2-3;2*1-3-2/h7H,5-6H2,1-4H3;4H,2-3H2,1H3,(H,6,7);1H3;2*2H/t7-;4-;;;/m11.../s1/i2*1T;;;. The van der Waals surface area contributed by atoms with Gasteiger partial charge in [-0.1, -0.05) is 0 Å². The van der Waals surface area contributed by atoms with Crippen molar-refractivity contribution in [3.05, 3.63) is 0 Å². The Morgan fingerprint density at radius 3 is 2.03 bits per heavy atom. The highest BCUT2D eigenvalue weighted by Crippen LogP contribution is 2.21. The summed E-state index contributed by atoms with van der Waals surface area (Å²) in [5, 5.41) is 10.00. The fraction of sp³-hybridized carbons (Fsp3) is 0.765. The maximum Gasteiger partial charge on any atom is 0.417 e. The Bertz CT molecular complexity index is 695. The van der Waals surface area contributed by atoms with Crippen LogP contribution in [0, 0.1) is 11.3 Å². The van der Waals surface area contributed by atoms with Gasteiger partial charge in [0.25, 0.3) is 0 Å². The van der Waals surface area contributed by atoms with Gasteiger partial charge in [0.1, 0.15) is 27.3 Å². The van der Waals surface area contributed by atoms with Gasteiger partial charge in [-0.15, -0.1) is 0 Å². The Balaban J connectivity index is -0.000000413. The molecule has 0 bridgehead atoms. The molecular weight excluding hydrogens is 468 g/mol. The van der Waals surface area contributed by atoms with Crippen molar-refractivity contribution < 1.29 is 30.3 Å². The fourth-order valence-electron chi connectivity index (χ4n) is 1.98. The number of nitriles is 1. The van der Waals surface area contributed by atoms with E-state index in [0.29, 0.717) is 47.9 Å². The van der Waals surface area contributed by atoms with E-state index in [9.17, 15) is 14.4 Å². The highest BCUT2D eigenvalue weighted by Gasteiger charge is 2.35.